The zero-order valence-corrected chi connectivity index (χ0v) is 21.2. The van der Waals surface area contributed by atoms with Crippen molar-refractivity contribution in [1.82, 2.24) is 14.9 Å². The number of fused-ring (bicyclic) bond motifs is 1. The number of carbonyl (C=O) groups is 2. The van der Waals surface area contributed by atoms with Crippen LogP contribution in [0.15, 0.2) is 35.1 Å². The van der Waals surface area contributed by atoms with Gasteiger partial charge in [-0.05, 0) is 81.4 Å². The molecule has 0 aromatic carbocycles. The van der Waals surface area contributed by atoms with Gasteiger partial charge >= 0.3 is 5.97 Å². The number of rotatable bonds is 13. The number of pyridine rings is 2. The van der Waals surface area contributed by atoms with Gasteiger partial charge in [-0.1, -0.05) is 12.1 Å². The second kappa shape index (κ2) is 11.0. The van der Waals surface area contributed by atoms with Crippen molar-refractivity contribution in [3.63, 3.8) is 0 Å². The molecule has 2 aromatic heterocycles. The van der Waals surface area contributed by atoms with Gasteiger partial charge in [0, 0.05) is 43.6 Å². The molecular formula is C28H36N4O5. The number of hydrogen-bond donors (Lipinski definition) is 3. The van der Waals surface area contributed by atoms with Crippen LogP contribution in [0.2, 0.25) is 0 Å². The summed E-state index contributed by atoms with van der Waals surface area (Å²) < 4.78 is 7.30. The lowest BCUT2D eigenvalue weighted by Crippen LogP contribution is -2.50. The van der Waals surface area contributed by atoms with Crippen molar-refractivity contribution in [3.05, 3.63) is 57.6 Å². The molecule has 5 rings (SSSR count). The SMILES string of the molecule is O=C(O)C(CCOCCCCc1ccc2c(n1)NCCC2)NC(=O)C1(n2c(C3CC3)cccc2=O)CC1. The smallest absolute Gasteiger partial charge is 0.326 e. The highest BCUT2D eigenvalue weighted by atomic mass is 16.5. The van der Waals surface area contributed by atoms with Crippen LogP contribution in [-0.2, 0) is 32.7 Å². The third-order valence-corrected chi connectivity index (χ3v) is 7.63. The maximum Gasteiger partial charge on any atom is 0.326 e. The monoisotopic (exact) mass is 508 g/mol. The van der Waals surface area contributed by atoms with Crippen molar-refractivity contribution < 1.29 is 19.4 Å². The Hall–Kier alpha value is -3.20. The predicted molar refractivity (Wildman–Crippen MR) is 139 cm³/mol. The average Bonchev–Trinajstić information content (AvgIpc) is 3.81. The van der Waals surface area contributed by atoms with E-state index < -0.39 is 17.6 Å². The summed E-state index contributed by atoms with van der Waals surface area (Å²) >= 11 is 0. The molecular weight excluding hydrogens is 472 g/mol. The second-order valence-electron chi connectivity index (χ2n) is 10.5. The average molecular weight is 509 g/mol. The fourth-order valence-electron chi connectivity index (χ4n) is 5.20. The van der Waals surface area contributed by atoms with Gasteiger partial charge < -0.3 is 20.5 Å². The van der Waals surface area contributed by atoms with Crippen LogP contribution in [0.1, 0.15) is 74.2 Å². The molecule has 9 heteroatoms. The molecule has 1 aliphatic heterocycles. The van der Waals surface area contributed by atoms with Crippen LogP contribution in [0.5, 0.6) is 0 Å². The van der Waals surface area contributed by atoms with Crippen molar-refractivity contribution >= 4 is 17.7 Å². The van der Waals surface area contributed by atoms with Crippen LogP contribution in [-0.4, -0.2) is 52.3 Å². The summed E-state index contributed by atoms with van der Waals surface area (Å²) in [4.78, 5) is 42.4. The maximum absolute atomic E-state index is 13.2. The molecule has 9 nitrogen and oxygen atoms in total. The Bertz CT molecular complexity index is 1200. The van der Waals surface area contributed by atoms with Crippen molar-refractivity contribution in [2.24, 2.45) is 0 Å². The molecule has 1 atom stereocenters. The van der Waals surface area contributed by atoms with E-state index in [-0.39, 0.29) is 24.5 Å². The highest BCUT2D eigenvalue weighted by Crippen LogP contribution is 2.48. The molecule has 3 heterocycles. The number of ether oxygens (including phenoxy) is 1. The highest BCUT2D eigenvalue weighted by molar-refractivity contribution is 5.91. The van der Waals surface area contributed by atoms with E-state index in [2.05, 4.69) is 22.8 Å². The number of carbonyl (C=O) groups excluding carboxylic acids is 1. The molecule has 2 saturated carbocycles. The number of aryl methyl sites for hydroxylation is 2. The number of amides is 1. The summed E-state index contributed by atoms with van der Waals surface area (Å²) in [7, 11) is 0. The quantitative estimate of drug-likeness (QED) is 0.356. The van der Waals surface area contributed by atoms with E-state index in [1.54, 1.807) is 10.6 Å². The summed E-state index contributed by atoms with van der Waals surface area (Å²) in [6.45, 7) is 1.74. The van der Waals surface area contributed by atoms with E-state index in [0.29, 0.717) is 25.4 Å². The van der Waals surface area contributed by atoms with E-state index >= 15 is 0 Å². The van der Waals surface area contributed by atoms with Crippen molar-refractivity contribution in [1.29, 1.82) is 0 Å². The van der Waals surface area contributed by atoms with E-state index in [1.807, 2.05) is 6.07 Å². The normalized spacial score (nSPS) is 18.4. The highest BCUT2D eigenvalue weighted by Gasteiger charge is 2.54. The van der Waals surface area contributed by atoms with Crippen LogP contribution >= 0.6 is 0 Å². The molecule has 0 radical (unpaired) electrons. The summed E-state index contributed by atoms with van der Waals surface area (Å²) in [5.41, 5.74) is 2.07. The first-order valence-electron chi connectivity index (χ1n) is 13.5. The van der Waals surface area contributed by atoms with Crippen molar-refractivity contribution in [2.75, 3.05) is 25.1 Å². The zero-order chi connectivity index (χ0) is 25.8. The first kappa shape index (κ1) is 25.4. The van der Waals surface area contributed by atoms with E-state index in [1.165, 1.54) is 11.6 Å². The maximum atomic E-state index is 13.2. The fraction of sp³-hybridized carbons (Fsp3) is 0.571. The summed E-state index contributed by atoms with van der Waals surface area (Å²) in [6.07, 6.45) is 8.16. The number of carboxylic acid groups (broad SMARTS) is 1. The number of hydrogen-bond acceptors (Lipinski definition) is 6. The van der Waals surface area contributed by atoms with Gasteiger partial charge in [0.1, 0.15) is 17.4 Å². The van der Waals surface area contributed by atoms with Crippen LogP contribution < -0.4 is 16.2 Å². The van der Waals surface area contributed by atoms with Crippen LogP contribution in [0.25, 0.3) is 0 Å². The summed E-state index contributed by atoms with van der Waals surface area (Å²) in [5.74, 6) is -0.164. The number of nitrogens with one attached hydrogen (secondary N) is 2. The Kier molecular flexibility index (Phi) is 7.60. The molecule has 0 saturated heterocycles. The lowest BCUT2D eigenvalue weighted by Gasteiger charge is -2.24. The molecule has 0 spiro atoms. The van der Waals surface area contributed by atoms with Gasteiger partial charge in [-0.25, -0.2) is 9.78 Å². The van der Waals surface area contributed by atoms with E-state index in [9.17, 15) is 19.5 Å². The van der Waals surface area contributed by atoms with E-state index in [4.69, 9.17) is 9.72 Å². The molecule has 2 fully saturated rings. The van der Waals surface area contributed by atoms with Crippen molar-refractivity contribution in [2.45, 2.75) is 81.7 Å². The van der Waals surface area contributed by atoms with Gasteiger partial charge in [0.25, 0.3) is 5.56 Å². The van der Waals surface area contributed by atoms with Gasteiger partial charge in [-0.15, -0.1) is 0 Å². The molecule has 2 aromatic rings. The molecule has 3 N–H and O–H groups in total. The number of anilines is 1. The Balaban J connectivity index is 1.06. The Morgan fingerprint density at radius 2 is 2.03 bits per heavy atom. The fourth-order valence-corrected chi connectivity index (χ4v) is 5.20. The third kappa shape index (κ3) is 5.87. The van der Waals surface area contributed by atoms with Crippen molar-refractivity contribution in [3.8, 4) is 0 Å². The van der Waals surface area contributed by atoms with Gasteiger partial charge in [0.15, 0.2) is 0 Å². The second-order valence-corrected chi connectivity index (χ2v) is 10.5. The number of aromatic nitrogens is 2. The number of unbranched alkanes of at least 4 members (excludes halogenated alkanes) is 1. The minimum atomic E-state index is -1.09. The zero-order valence-electron chi connectivity index (χ0n) is 21.2. The number of nitrogens with zero attached hydrogens (tertiary/aromatic N) is 2. The molecule has 0 bridgehead atoms. The van der Waals surface area contributed by atoms with Crippen LogP contribution in [0, 0.1) is 0 Å². The number of aliphatic carboxylic acids is 1. The largest absolute Gasteiger partial charge is 0.480 e. The van der Waals surface area contributed by atoms with Gasteiger partial charge in [0.2, 0.25) is 5.91 Å². The molecule has 1 unspecified atom stereocenters. The minimum Gasteiger partial charge on any atom is -0.480 e. The third-order valence-electron chi connectivity index (χ3n) is 7.63. The lowest BCUT2D eigenvalue weighted by molar-refractivity contribution is -0.143. The molecule has 1 amide bonds. The van der Waals surface area contributed by atoms with Crippen LogP contribution in [0.3, 0.4) is 0 Å². The minimum absolute atomic E-state index is 0.175. The predicted octanol–water partition coefficient (Wildman–Crippen LogP) is 2.97. The van der Waals surface area contributed by atoms with Gasteiger partial charge in [-0.2, -0.15) is 0 Å². The molecule has 198 valence electrons. The Morgan fingerprint density at radius 3 is 2.78 bits per heavy atom. The number of carboxylic acids is 1. The summed E-state index contributed by atoms with van der Waals surface area (Å²) in [6, 6.07) is 8.32. The van der Waals surface area contributed by atoms with Gasteiger partial charge in [-0.3, -0.25) is 14.2 Å². The first-order chi connectivity index (χ1) is 18.0. The first-order valence-corrected chi connectivity index (χ1v) is 13.5. The standard InChI is InChI=1S/C28H36N4O5/c33-24-8-3-7-23(19-9-10-19)32(24)28(14-15-28)27(36)31-22(26(34)35)13-18-37-17-2-1-6-21-12-11-20-5-4-16-29-25(20)30-21/h3,7-8,11-12,19,22H,1-2,4-6,9-10,13-18H2,(H,29,30)(H,31,36)(H,34,35). The molecule has 3 aliphatic rings. The topological polar surface area (TPSA) is 123 Å². The van der Waals surface area contributed by atoms with Crippen LogP contribution in [0.4, 0.5) is 5.82 Å². The molecule has 37 heavy (non-hydrogen) atoms. The molecule has 2 aliphatic carbocycles. The van der Waals surface area contributed by atoms with Gasteiger partial charge in [0.05, 0.1) is 0 Å². The van der Waals surface area contributed by atoms with E-state index in [0.717, 1.165) is 68.7 Å². The summed E-state index contributed by atoms with van der Waals surface area (Å²) in [5, 5.41) is 15.7. The Morgan fingerprint density at radius 1 is 1.19 bits per heavy atom. The Labute approximate surface area is 216 Å². The lowest BCUT2D eigenvalue weighted by atomic mass is 10.1.